The van der Waals surface area contributed by atoms with Crippen LogP contribution in [0.2, 0.25) is 0 Å². The number of piperidine rings is 1. The van der Waals surface area contributed by atoms with Gasteiger partial charge in [-0.2, -0.15) is 0 Å². The van der Waals surface area contributed by atoms with Crippen molar-refractivity contribution in [2.75, 3.05) is 18.0 Å². The van der Waals surface area contributed by atoms with Crippen LogP contribution in [0.5, 0.6) is 5.75 Å². The van der Waals surface area contributed by atoms with E-state index >= 15 is 0 Å². The Morgan fingerprint density at radius 1 is 1.21 bits per heavy atom. The molecule has 0 unspecified atom stereocenters. The van der Waals surface area contributed by atoms with Crippen LogP contribution >= 0.6 is 0 Å². The third kappa shape index (κ3) is 4.50. The molecule has 0 saturated carbocycles. The standard InChI is InChI=1S/C20H22N6O3/c1-14-4-2-3-5-18(14)29-16-6-8-25(9-7-16)20-21-10-15(11-22-20)17-12-26(24-23-17)13-19(27)28/h2-5,10-12,16H,6-9,13H2,1H3,(H,27,28). The Morgan fingerprint density at radius 3 is 2.62 bits per heavy atom. The molecule has 1 aliphatic rings. The molecule has 9 heteroatoms. The summed E-state index contributed by atoms with van der Waals surface area (Å²) in [7, 11) is 0. The number of para-hydroxylation sites is 1. The van der Waals surface area contributed by atoms with Gasteiger partial charge in [-0.3, -0.25) is 4.79 Å². The van der Waals surface area contributed by atoms with Crippen LogP contribution < -0.4 is 9.64 Å². The van der Waals surface area contributed by atoms with Crippen LogP contribution in [0.25, 0.3) is 11.3 Å². The van der Waals surface area contributed by atoms with Gasteiger partial charge in [-0.05, 0) is 18.6 Å². The fraction of sp³-hybridized carbons (Fsp3) is 0.350. The van der Waals surface area contributed by atoms with Crippen LogP contribution in [0.4, 0.5) is 5.95 Å². The van der Waals surface area contributed by atoms with Gasteiger partial charge in [0, 0.05) is 43.9 Å². The van der Waals surface area contributed by atoms with E-state index in [1.807, 2.05) is 18.2 Å². The van der Waals surface area contributed by atoms with E-state index in [0.717, 1.165) is 37.2 Å². The van der Waals surface area contributed by atoms with Gasteiger partial charge < -0.3 is 14.7 Å². The highest BCUT2D eigenvalue weighted by atomic mass is 16.5. The van der Waals surface area contributed by atoms with E-state index in [-0.39, 0.29) is 12.6 Å². The normalized spacial score (nSPS) is 14.7. The summed E-state index contributed by atoms with van der Waals surface area (Å²) in [6.07, 6.45) is 6.95. The Hall–Kier alpha value is -3.49. The number of hydrogen-bond acceptors (Lipinski definition) is 7. The lowest BCUT2D eigenvalue weighted by atomic mass is 10.1. The predicted octanol–water partition coefficient (Wildman–Crippen LogP) is 2.18. The van der Waals surface area contributed by atoms with Gasteiger partial charge in [0.05, 0.1) is 6.20 Å². The maximum absolute atomic E-state index is 10.7. The Morgan fingerprint density at radius 2 is 1.93 bits per heavy atom. The van der Waals surface area contributed by atoms with Gasteiger partial charge >= 0.3 is 5.97 Å². The minimum atomic E-state index is -0.970. The SMILES string of the molecule is Cc1ccccc1OC1CCN(c2ncc(-c3cn(CC(=O)O)nn3)cn2)CC1. The molecule has 0 spiro atoms. The first kappa shape index (κ1) is 18.9. The summed E-state index contributed by atoms with van der Waals surface area (Å²) >= 11 is 0. The predicted molar refractivity (Wildman–Crippen MR) is 106 cm³/mol. The van der Waals surface area contributed by atoms with E-state index in [1.165, 1.54) is 4.68 Å². The summed E-state index contributed by atoms with van der Waals surface area (Å²) in [4.78, 5) is 21.8. The van der Waals surface area contributed by atoms with Gasteiger partial charge in [0.1, 0.15) is 24.1 Å². The number of hydrogen-bond donors (Lipinski definition) is 1. The number of benzene rings is 1. The van der Waals surface area contributed by atoms with Crippen LogP contribution in [0, 0.1) is 6.92 Å². The van der Waals surface area contributed by atoms with E-state index in [0.29, 0.717) is 17.2 Å². The Balaban J connectivity index is 1.35. The molecular weight excluding hydrogens is 372 g/mol. The average molecular weight is 394 g/mol. The third-order valence-electron chi connectivity index (χ3n) is 4.88. The lowest BCUT2D eigenvalue weighted by Gasteiger charge is -2.32. The maximum atomic E-state index is 10.7. The minimum absolute atomic E-state index is 0.191. The zero-order valence-electron chi connectivity index (χ0n) is 16.1. The summed E-state index contributed by atoms with van der Waals surface area (Å²) in [5.74, 6) is 0.645. The van der Waals surface area contributed by atoms with Crippen LogP contribution in [0.1, 0.15) is 18.4 Å². The quantitative estimate of drug-likeness (QED) is 0.678. The minimum Gasteiger partial charge on any atom is -0.490 e. The van der Waals surface area contributed by atoms with Crippen molar-refractivity contribution in [2.45, 2.75) is 32.4 Å². The number of aryl methyl sites for hydroxylation is 1. The van der Waals surface area contributed by atoms with Gasteiger partial charge in [0.15, 0.2) is 0 Å². The number of aromatic nitrogens is 5. The molecule has 0 aliphatic carbocycles. The Bertz CT molecular complexity index is 980. The van der Waals surface area contributed by atoms with E-state index in [1.54, 1.807) is 18.6 Å². The van der Waals surface area contributed by atoms with Crippen molar-refractivity contribution in [3.8, 4) is 17.0 Å². The summed E-state index contributed by atoms with van der Waals surface area (Å²) in [6, 6.07) is 8.07. The molecule has 1 fully saturated rings. The van der Waals surface area contributed by atoms with Crippen molar-refractivity contribution >= 4 is 11.9 Å². The monoisotopic (exact) mass is 394 g/mol. The van der Waals surface area contributed by atoms with Gasteiger partial charge in [-0.15, -0.1) is 5.10 Å². The lowest BCUT2D eigenvalue weighted by Crippen LogP contribution is -2.39. The molecule has 3 aromatic rings. The van der Waals surface area contributed by atoms with Crippen LogP contribution in [0.3, 0.4) is 0 Å². The second-order valence-corrected chi connectivity index (χ2v) is 7.04. The molecule has 9 nitrogen and oxygen atoms in total. The number of rotatable bonds is 6. The molecule has 1 saturated heterocycles. The second kappa shape index (κ2) is 8.26. The zero-order chi connectivity index (χ0) is 20.2. The molecule has 1 N–H and O–H groups in total. The number of ether oxygens (including phenoxy) is 1. The summed E-state index contributed by atoms with van der Waals surface area (Å²) in [5.41, 5.74) is 2.39. The molecule has 2 aromatic heterocycles. The highest BCUT2D eigenvalue weighted by molar-refractivity contribution is 5.66. The smallest absolute Gasteiger partial charge is 0.325 e. The van der Waals surface area contributed by atoms with E-state index in [2.05, 4.69) is 38.2 Å². The first-order chi connectivity index (χ1) is 14.1. The summed E-state index contributed by atoms with van der Waals surface area (Å²) in [6.45, 7) is 3.47. The number of anilines is 1. The molecule has 0 bridgehead atoms. The molecule has 29 heavy (non-hydrogen) atoms. The van der Waals surface area contributed by atoms with Gasteiger partial charge in [0.25, 0.3) is 0 Å². The Labute approximate surface area is 168 Å². The van der Waals surface area contributed by atoms with Crippen molar-refractivity contribution in [3.63, 3.8) is 0 Å². The van der Waals surface area contributed by atoms with E-state index in [4.69, 9.17) is 9.84 Å². The molecule has 3 heterocycles. The fourth-order valence-corrected chi connectivity index (χ4v) is 3.31. The summed E-state index contributed by atoms with van der Waals surface area (Å²) in [5, 5.41) is 16.6. The van der Waals surface area contributed by atoms with Crippen molar-refractivity contribution in [1.29, 1.82) is 0 Å². The molecular formula is C20H22N6O3. The highest BCUT2D eigenvalue weighted by Crippen LogP contribution is 2.24. The van der Waals surface area contributed by atoms with Crippen molar-refractivity contribution in [2.24, 2.45) is 0 Å². The molecule has 4 rings (SSSR count). The third-order valence-corrected chi connectivity index (χ3v) is 4.88. The van der Waals surface area contributed by atoms with Gasteiger partial charge in [0.2, 0.25) is 5.95 Å². The molecule has 1 aromatic carbocycles. The fourth-order valence-electron chi connectivity index (χ4n) is 3.31. The highest BCUT2D eigenvalue weighted by Gasteiger charge is 2.22. The van der Waals surface area contributed by atoms with Crippen molar-refractivity contribution < 1.29 is 14.6 Å². The Kier molecular flexibility index (Phi) is 5.37. The van der Waals surface area contributed by atoms with Crippen molar-refractivity contribution in [3.05, 3.63) is 48.4 Å². The van der Waals surface area contributed by atoms with Crippen LogP contribution in [-0.4, -0.2) is 55.2 Å². The number of carboxylic acids is 1. The maximum Gasteiger partial charge on any atom is 0.325 e. The van der Waals surface area contributed by atoms with Crippen LogP contribution in [-0.2, 0) is 11.3 Å². The molecule has 0 amide bonds. The molecule has 1 aliphatic heterocycles. The average Bonchev–Trinajstić information content (AvgIpc) is 3.18. The number of aliphatic carboxylic acids is 1. The van der Waals surface area contributed by atoms with Gasteiger partial charge in [-0.25, -0.2) is 14.6 Å². The molecule has 150 valence electrons. The lowest BCUT2D eigenvalue weighted by molar-refractivity contribution is -0.137. The molecule has 0 atom stereocenters. The van der Waals surface area contributed by atoms with E-state index < -0.39 is 5.97 Å². The number of carboxylic acid groups (broad SMARTS) is 1. The number of nitrogens with zero attached hydrogens (tertiary/aromatic N) is 6. The molecule has 0 radical (unpaired) electrons. The van der Waals surface area contributed by atoms with Gasteiger partial charge in [-0.1, -0.05) is 23.4 Å². The summed E-state index contributed by atoms with van der Waals surface area (Å²) < 4.78 is 7.42. The van der Waals surface area contributed by atoms with Crippen molar-refractivity contribution in [1.82, 2.24) is 25.0 Å². The largest absolute Gasteiger partial charge is 0.490 e. The van der Waals surface area contributed by atoms with E-state index in [9.17, 15) is 4.79 Å². The zero-order valence-corrected chi connectivity index (χ0v) is 16.1. The first-order valence-electron chi connectivity index (χ1n) is 9.50. The van der Waals surface area contributed by atoms with Crippen LogP contribution in [0.15, 0.2) is 42.9 Å². The first-order valence-corrected chi connectivity index (χ1v) is 9.50. The topological polar surface area (TPSA) is 106 Å². The number of carbonyl (C=O) groups is 1. The second-order valence-electron chi connectivity index (χ2n) is 7.04.